The Hall–Kier alpha value is -1.27. The Morgan fingerprint density at radius 1 is 1.50 bits per heavy atom. The molecule has 0 fully saturated rings. The van der Waals surface area contributed by atoms with Crippen molar-refractivity contribution in [3.8, 4) is 5.88 Å². The number of aromatic amines is 1. The number of H-pyrrole nitrogens is 1. The van der Waals surface area contributed by atoms with Crippen molar-refractivity contribution in [1.82, 2.24) is 9.97 Å². The molecule has 0 radical (unpaired) electrons. The van der Waals surface area contributed by atoms with Gasteiger partial charge in [0, 0.05) is 9.37 Å². The third-order valence-electron chi connectivity index (χ3n) is 2.35. The summed E-state index contributed by atoms with van der Waals surface area (Å²) in [5.41, 5.74) is -0.0569. The van der Waals surface area contributed by atoms with Crippen molar-refractivity contribution in [2.24, 2.45) is 0 Å². The predicted molar refractivity (Wildman–Crippen MR) is 75.0 cm³/mol. The van der Waals surface area contributed by atoms with Crippen LogP contribution in [0.25, 0.3) is 0 Å². The zero-order valence-electron chi connectivity index (χ0n) is 9.61. The number of thioether (sulfide) groups is 1. The first-order valence-electron chi connectivity index (χ1n) is 5.23. The second kappa shape index (κ2) is 5.58. The van der Waals surface area contributed by atoms with Crippen LogP contribution in [0.15, 0.2) is 38.4 Å². The van der Waals surface area contributed by atoms with Gasteiger partial charge >= 0.3 is 0 Å². The van der Waals surface area contributed by atoms with Gasteiger partial charge in [-0.25, -0.2) is 0 Å². The van der Waals surface area contributed by atoms with Gasteiger partial charge in [0.1, 0.15) is 5.82 Å². The fourth-order valence-corrected chi connectivity index (χ4v) is 2.72. The molecule has 1 aromatic heterocycles. The number of benzene rings is 1. The van der Waals surface area contributed by atoms with E-state index in [4.69, 9.17) is 0 Å². The molecular weight excluding hydrogens is 316 g/mol. The lowest BCUT2D eigenvalue weighted by atomic mass is 10.3. The molecule has 1 aromatic carbocycles. The molecule has 0 saturated heterocycles. The molecular formula is C12H11BrN2O2S. The van der Waals surface area contributed by atoms with E-state index in [1.807, 2.05) is 24.3 Å². The summed E-state index contributed by atoms with van der Waals surface area (Å²) in [6, 6.07) is 7.84. The van der Waals surface area contributed by atoms with Crippen molar-refractivity contribution in [3.05, 3.63) is 50.5 Å². The minimum atomic E-state index is -0.299. The van der Waals surface area contributed by atoms with Crippen LogP contribution in [-0.2, 0) is 5.75 Å². The molecule has 0 spiro atoms. The summed E-state index contributed by atoms with van der Waals surface area (Å²) in [4.78, 5) is 19.1. The molecule has 6 heteroatoms. The van der Waals surface area contributed by atoms with Gasteiger partial charge in [0.05, 0.1) is 11.3 Å². The first kappa shape index (κ1) is 13.2. The van der Waals surface area contributed by atoms with Crippen LogP contribution in [0.5, 0.6) is 5.88 Å². The van der Waals surface area contributed by atoms with E-state index in [9.17, 15) is 9.90 Å². The molecule has 18 heavy (non-hydrogen) atoms. The van der Waals surface area contributed by atoms with Crippen molar-refractivity contribution >= 4 is 27.7 Å². The summed E-state index contributed by atoms with van der Waals surface area (Å²) in [6.07, 6.45) is 0. The molecule has 0 bridgehead atoms. The van der Waals surface area contributed by atoms with E-state index >= 15 is 0 Å². The van der Waals surface area contributed by atoms with Crippen LogP contribution in [0.1, 0.15) is 11.4 Å². The summed E-state index contributed by atoms with van der Waals surface area (Å²) >= 11 is 4.93. The van der Waals surface area contributed by atoms with Crippen LogP contribution < -0.4 is 5.56 Å². The third-order valence-corrected chi connectivity index (χ3v) is 3.84. The minimum Gasteiger partial charge on any atom is -0.493 e. The van der Waals surface area contributed by atoms with E-state index in [1.165, 1.54) is 18.7 Å². The van der Waals surface area contributed by atoms with Crippen LogP contribution in [0, 0.1) is 6.92 Å². The molecule has 0 aliphatic carbocycles. The smallest absolute Gasteiger partial charge is 0.257 e. The van der Waals surface area contributed by atoms with E-state index < -0.39 is 0 Å². The van der Waals surface area contributed by atoms with Crippen LogP contribution in [0.4, 0.5) is 0 Å². The maximum atomic E-state index is 11.5. The first-order valence-corrected chi connectivity index (χ1v) is 7.01. The summed E-state index contributed by atoms with van der Waals surface area (Å²) in [5.74, 6) is 0.760. The van der Waals surface area contributed by atoms with Crippen LogP contribution in [0.2, 0.25) is 0 Å². The summed E-state index contributed by atoms with van der Waals surface area (Å²) < 4.78 is 1.00. The Bertz CT molecular complexity index is 628. The Morgan fingerprint density at radius 2 is 2.28 bits per heavy atom. The minimum absolute atomic E-state index is 0.205. The SMILES string of the molecule is Cc1c(O)nc(CSc2cccc(Br)c2)[nH]c1=O. The Balaban J connectivity index is 2.14. The van der Waals surface area contributed by atoms with Gasteiger partial charge in [-0.1, -0.05) is 22.0 Å². The summed E-state index contributed by atoms with van der Waals surface area (Å²) in [7, 11) is 0. The first-order chi connectivity index (χ1) is 8.56. The van der Waals surface area contributed by atoms with E-state index in [1.54, 1.807) is 0 Å². The molecule has 94 valence electrons. The molecule has 0 aliphatic rings. The number of aromatic nitrogens is 2. The third kappa shape index (κ3) is 3.14. The van der Waals surface area contributed by atoms with Crippen molar-refractivity contribution in [2.45, 2.75) is 17.6 Å². The number of hydrogen-bond acceptors (Lipinski definition) is 4. The normalized spacial score (nSPS) is 10.6. The van der Waals surface area contributed by atoms with Gasteiger partial charge in [0.25, 0.3) is 5.56 Å². The van der Waals surface area contributed by atoms with Gasteiger partial charge in [-0.3, -0.25) is 4.79 Å². The summed E-state index contributed by atoms with van der Waals surface area (Å²) in [5, 5.41) is 9.47. The van der Waals surface area contributed by atoms with Gasteiger partial charge in [-0.2, -0.15) is 4.98 Å². The molecule has 0 aliphatic heterocycles. The lowest BCUT2D eigenvalue weighted by Gasteiger charge is -2.03. The summed E-state index contributed by atoms with van der Waals surface area (Å²) in [6.45, 7) is 1.53. The number of nitrogens with zero attached hydrogens (tertiary/aromatic N) is 1. The van der Waals surface area contributed by atoms with Crippen molar-refractivity contribution in [2.75, 3.05) is 0 Å². The highest BCUT2D eigenvalue weighted by atomic mass is 79.9. The molecule has 1 heterocycles. The van der Waals surface area contributed by atoms with Crippen molar-refractivity contribution < 1.29 is 5.11 Å². The Kier molecular flexibility index (Phi) is 4.08. The fraction of sp³-hybridized carbons (Fsp3) is 0.167. The lowest BCUT2D eigenvalue weighted by Crippen LogP contribution is -2.13. The van der Waals surface area contributed by atoms with Gasteiger partial charge in [0.15, 0.2) is 0 Å². The topological polar surface area (TPSA) is 66.0 Å². The fourth-order valence-electron chi connectivity index (χ4n) is 1.34. The predicted octanol–water partition coefficient (Wildman–Crippen LogP) is 2.84. The highest BCUT2D eigenvalue weighted by molar-refractivity contribution is 9.10. The van der Waals surface area contributed by atoms with Gasteiger partial charge in [-0.05, 0) is 25.1 Å². The number of hydrogen-bond donors (Lipinski definition) is 2. The number of nitrogens with one attached hydrogen (secondary N) is 1. The van der Waals surface area contributed by atoms with Gasteiger partial charge in [0.2, 0.25) is 5.88 Å². The molecule has 2 N–H and O–H groups in total. The Morgan fingerprint density at radius 3 is 2.94 bits per heavy atom. The van der Waals surface area contributed by atoms with Crippen LogP contribution in [0.3, 0.4) is 0 Å². The van der Waals surface area contributed by atoms with Crippen molar-refractivity contribution in [1.29, 1.82) is 0 Å². The van der Waals surface area contributed by atoms with Crippen LogP contribution >= 0.6 is 27.7 Å². The standard InChI is InChI=1S/C12H11BrN2O2S/c1-7-11(16)14-10(15-12(7)17)6-18-9-4-2-3-8(13)5-9/h2-5H,6H2,1H3,(H2,14,15,16,17). The Labute approximate surface area is 117 Å². The van der Waals surface area contributed by atoms with E-state index in [0.717, 1.165) is 9.37 Å². The monoisotopic (exact) mass is 326 g/mol. The number of halogens is 1. The average molecular weight is 327 g/mol. The van der Waals surface area contributed by atoms with Crippen LogP contribution in [-0.4, -0.2) is 15.1 Å². The van der Waals surface area contributed by atoms with E-state index in [0.29, 0.717) is 11.6 Å². The maximum Gasteiger partial charge on any atom is 0.257 e. The second-order valence-corrected chi connectivity index (χ2v) is 5.67. The quantitative estimate of drug-likeness (QED) is 0.851. The average Bonchev–Trinajstić information content (AvgIpc) is 2.33. The molecule has 2 aromatic rings. The van der Waals surface area contributed by atoms with Crippen molar-refractivity contribution in [3.63, 3.8) is 0 Å². The molecule has 0 amide bonds. The lowest BCUT2D eigenvalue weighted by molar-refractivity contribution is 0.444. The highest BCUT2D eigenvalue weighted by Crippen LogP contribution is 2.24. The highest BCUT2D eigenvalue weighted by Gasteiger charge is 2.06. The zero-order chi connectivity index (χ0) is 13.1. The van der Waals surface area contributed by atoms with Gasteiger partial charge in [-0.15, -0.1) is 11.8 Å². The number of rotatable bonds is 3. The van der Waals surface area contributed by atoms with E-state index in [-0.39, 0.29) is 17.0 Å². The van der Waals surface area contributed by atoms with E-state index in [2.05, 4.69) is 25.9 Å². The molecule has 0 atom stereocenters. The van der Waals surface area contributed by atoms with Gasteiger partial charge < -0.3 is 10.1 Å². The second-order valence-electron chi connectivity index (χ2n) is 3.71. The largest absolute Gasteiger partial charge is 0.493 e. The molecule has 4 nitrogen and oxygen atoms in total. The number of aromatic hydroxyl groups is 1. The molecule has 0 saturated carbocycles. The maximum absolute atomic E-state index is 11.5. The molecule has 2 rings (SSSR count). The molecule has 0 unspecified atom stereocenters. The zero-order valence-corrected chi connectivity index (χ0v) is 12.0.